The molecule has 16 heavy (non-hydrogen) atoms. The van der Waals surface area contributed by atoms with E-state index in [9.17, 15) is 4.79 Å². The van der Waals surface area contributed by atoms with Gasteiger partial charge in [-0.1, -0.05) is 6.07 Å². The maximum absolute atomic E-state index is 11.4. The molecule has 2 aromatic heterocycles. The van der Waals surface area contributed by atoms with Gasteiger partial charge in [0, 0.05) is 13.2 Å². The lowest BCUT2D eigenvalue weighted by molar-refractivity contribution is 0.708. The van der Waals surface area contributed by atoms with Crippen molar-refractivity contribution in [3.63, 3.8) is 0 Å². The van der Waals surface area contributed by atoms with Gasteiger partial charge in [-0.15, -0.1) is 0 Å². The van der Waals surface area contributed by atoms with E-state index in [0.29, 0.717) is 11.4 Å². The van der Waals surface area contributed by atoms with Crippen molar-refractivity contribution in [1.82, 2.24) is 14.8 Å². The van der Waals surface area contributed by atoms with Gasteiger partial charge in [0.05, 0.1) is 5.69 Å². The van der Waals surface area contributed by atoms with Crippen LogP contribution in [0.5, 0.6) is 0 Å². The molecule has 5 heteroatoms. The highest BCUT2D eigenvalue weighted by Gasteiger charge is 2.07. The van der Waals surface area contributed by atoms with Crippen molar-refractivity contribution in [3.05, 3.63) is 46.4 Å². The molecule has 0 aliphatic heterocycles. The topological polar surface area (TPSA) is 71.6 Å². The van der Waals surface area contributed by atoms with Crippen LogP contribution in [-0.2, 0) is 7.05 Å². The molecule has 0 amide bonds. The number of hydrogen-bond acceptors (Lipinski definition) is 4. The van der Waals surface area contributed by atoms with Crippen molar-refractivity contribution < 1.29 is 0 Å². The van der Waals surface area contributed by atoms with Crippen LogP contribution in [0.1, 0.15) is 5.56 Å². The summed E-state index contributed by atoms with van der Waals surface area (Å²) in [6.07, 6.45) is 1.63. The van der Waals surface area contributed by atoms with Crippen molar-refractivity contribution in [2.75, 3.05) is 0 Å². The number of nitrogens with zero attached hydrogens (tertiary/aromatic N) is 4. The normalized spacial score (nSPS) is 9.75. The highest BCUT2D eigenvalue weighted by Crippen LogP contribution is 2.11. The van der Waals surface area contributed by atoms with E-state index in [2.05, 4.69) is 10.1 Å². The SMILES string of the molecule is Cn1nc(-c2ccccn2)cc(C#N)c1=O. The second kappa shape index (κ2) is 3.95. The van der Waals surface area contributed by atoms with Crippen LogP contribution in [0, 0.1) is 11.3 Å². The first-order valence-corrected chi connectivity index (χ1v) is 4.62. The van der Waals surface area contributed by atoms with Crippen LogP contribution in [-0.4, -0.2) is 14.8 Å². The monoisotopic (exact) mass is 212 g/mol. The largest absolute Gasteiger partial charge is 0.284 e. The van der Waals surface area contributed by atoms with Gasteiger partial charge in [-0.2, -0.15) is 10.4 Å². The summed E-state index contributed by atoms with van der Waals surface area (Å²) < 4.78 is 1.14. The molecule has 0 radical (unpaired) electrons. The van der Waals surface area contributed by atoms with Crippen LogP contribution in [0.2, 0.25) is 0 Å². The fourth-order valence-corrected chi connectivity index (χ4v) is 1.33. The molecule has 78 valence electrons. The van der Waals surface area contributed by atoms with Gasteiger partial charge < -0.3 is 0 Å². The van der Waals surface area contributed by atoms with E-state index < -0.39 is 5.56 Å². The third-order valence-corrected chi connectivity index (χ3v) is 2.11. The lowest BCUT2D eigenvalue weighted by atomic mass is 10.2. The highest BCUT2D eigenvalue weighted by atomic mass is 16.1. The lowest BCUT2D eigenvalue weighted by Crippen LogP contribution is -2.22. The molecule has 2 aromatic rings. The standard InChI is InChI=1S/C11H8N4O/c1-15-11(16)8(7-12)6-10(14-15)9-4-2-3-5-13-9/h2-6H,1H3. The molecule has 0 spiro atoms. The molecular weight excluding hydrogens is 204 g/mol. The first-order valence-electron chi connectivity index (χ1n) is 4.62. The summed E-state index contributed by atoms with van der Waals surface area (Å²) in [6, 6.07) is 8.67. The van der Waals surface area contributed by atoms with Crippen molar-refractivity contribution in [2.24, 2.45) is 7.05 Å². The Hall–Kier alpha value is -2.48. The molecule has 2 heterocycles. The zero-order valence-electron chi connectivity index (χ0n) is 8.58. The summed E-state index contributed by atoms with van der Waals surface area (Å²) in [6.45, 7) is 0. The smallest absolute Gasteiger partial charge is 0.266 e. The molecule has 0 fully saturated rings. The number of hydrogen-bond donors (Lipinski definition) is 0. The maximum Gasteiger partial charge on any atom is 0.284 e. The van der Waals surface area contributed by atoms with E-state index >= 15 is 0 Å². The molecule has 0 atom stereocenters. The Balaban J connectivity index is 2.66. The predicted molar refractivity (Wildman–Crippen MR) is 57.4 cm³/mol. The Morgan fingerprint density at radius 2 is 2.19 bits per heavy atom. The van der Waals surface area contributed by atoms with Crippen molar-refractivity contribution >= 4 is 0 Å². The summed E-state index contributed by atoms with van der Waals surface area (Å²) in [5.74, 6) is 0. The molecule has 0 aliphatic carbocycles. The molecule has 0 N–H and O–H groups in total. The number of aryl methyl sites for hydroxylation is 1. The first kappa shape index (κ1) is 10.1. The van der Waals surface area contributed by atoms with Gasteiger partial charge in [0.25, 0.3) is 5.56 Å². The molecule has 0 aliphatic rings. The zero-order valence-corrected chi connectivity index (χ0v) is 8.58. The van der Waals surface area contributed by atoms with Gasteiger partial charge in [0.1, 0.15) is 17.3 Å². The fraction of sp³-hybridized carbons (Fsp3) is 0.0909. The Morgan fingerprint density at radius 3 is 2.81 bits per heavy atom. The zero-order chi connectivity index (χ0) is 11.5. The summed E-state index contributed by atoms with van der Waals surface area (Å²) in [7, 11) is 1.51. The van der Waals surface area contributed by atoms with Crippen LogP contribution in [0.4, 0.5) is 0 Å². The lowest BCUT2D eigenvalue weighted by Gasteiger charge is -2.02. The van der Waals surface area contributed by atoms with E-state index in [4.69, 9.17) is 5.26 Å². The van der Waals surface area contributed by atoms with Crippen LogP contribution >= 0.6 is 0 Å². The number of pyridine rings is 1. The van der Waals surface area contributed by atoms with Gasteiger partial charge in [-0.3, -0.25) is 9.78 Å². The van der Waals surface area contributed by atoms with Crippen LogP contribution < -0.4 is 5.56 Å². The van der Waals surface area contributed by atoms with Gasteiger partial charge in [-0.25, -0.2) is 4.68 Å². The van der Waals surface area contributed by atoms with Gasteiger partial charge >= 0.3 is 0 Å². The van der Waals surface area contributed by atoms with Crippen molar-refractivity contribution in [3.8, 4) is 17.5 Å². The minimum atomic E-state index is -0.401. The van der Waals surface area contributed by atoms with Crippen LogP contribution in [0.25, 0.3) is 11.4 Å². The molecule has 0 unspecified atom stereocenters. The molecule has 0 saturated carbocycles. The average Bonchev–Trinajstić information content (AvgIpc) is 2.33. The maximum atomic E-state index is 11.4. The van der Waals surface area contributed by atoms with Gasteiger partial charge in [0.2, 0.25) is 0 Å². The second-order valence-corrected chi connectivity index (χ2v) is 3.20. The van der Waals surface area contributed by atoms with E-state index in [1.54, 1.807) is 18.3 Å². The fourth-order valence-electron chi connectivity index (χ4n) is 1.33. The molecule has 0 aromatic carbocycles. The second-order valence-electron chi connectivity index (χ2n) is 3.20. The highest BCUT2D eigenvalue weighted by molar-refractivity contribution is 5.55. The van der Waals surface area contributed by atoms with Crippen LogP contribution in [0.15, 0.2) is 35.3 Å². The predicted octanol–water partition coefficient (Wildman–Crippen LogP) is 0.714. The van der Waals surface area contributed by atoms with Crippen LogP contribution in [0.3, 0.4) is 0 Å². The van der Waals surface area contributed by atoms with Crippen molar-refractivity contribution in [1.29, 1.82) is 5.26 Å². The Labute approximate surface area is 91.6 Å². The van der Waals surface area contributed by atoms with Crippen molar-refractivity contribution in [2.45, 2.75) is 0 Å². The van der Waals surface area contributed by atoms with E-state index in [1.165, 1.54) is 13.1 Å². The summed E-state index contributed by atoms with van der Waals surface area (Å²) >= 11 is 0. The van der Waals surface area contributed by atoms with E-state index in [-0.39, 0.29) is 5.56 Å². The molecule has 0 saturated heterocycles. The summed E-state index contributed by atoms with van der Waals surface area (Å²) in [5, 5.41) is 12.8. The van der Waals surface area contributed by atoms with Gasteiger partial charge in [0.15, 0.2) is 0 Å². The summed E-state index contributed by atoms with van der Waals surface area (Å²) in [4.78, 5) is 15.5. The third kappa shape index (κ3) is 1.68. The Bertz CT molecular complexity index is 610. The molecule has 2 rings (SSSR count). The minimum Gasteiger partial charge on any atom is -0.266 e. The number of aromatic nitrogens is 3. The number of rotatable bonds is 1. The summed E-state index contributed by atoms with van der Waals surface area (Å²) in [5.41, 5.74) is 0.814. The van der Waals surface area contributed by atoms with Gasteiger partial charge in [-0.05, 0) is 18.2 Å². The quantitative estimate of drug-likeness (QED) is 0.698. The Morgan fingerprint density at radius 1 is 1.38 bits per heavy atom. The average molecular weight is 212 g/mol. The van der Waals surface area contributed by atoms with E-state index in [0.717, 1.165) is 4.68 Å². The first-order chi connectivity index (χ1) is 7.72. The van der Waals surface area contributed by atoms with E-state index in [1.807, 2.05) is 12.1 Å². The molecule has 5 nitrogen and oxygen atoms in total. The molecular formula is C11H8N4O. The third-order valence-electron chi connectivity index (χ3n) is 2.11. The minimum absolute atomic E-state index is 0.0677. The molecule has 0 bridgehead atoms. The number of nitriles is 1. The Kier molecular flexibility index (Phi) is 2.48.